The largest absolute Gasteiger partial charge is 0.497 e. The first kappa shape index (κ1) is 15.8. The van der Waals surface area contributed by atoms with Gasteiger partial charge in [-0.2, -0.15) is 0 Å². The Kier molecular flexibility index (Phi) is 4.33. The Morgan fingerprint density at radius 3 is 2.58 bits per heavy atom. The van der Waals surface area contributed by atoms with Gasteiger partial charge in [-0.3, -0.25) is 10.1 Å². The molecule has 1 aromatic heterocycles. The normalized spacial score (nSPS) is 11.2. The van der Waals surface area contributed by atoms with Crippen LogP contribution in [0.25, 0.3) is 28.2 Å². The summed E-state index contributed by atoms with van der Waals surface area (Å²) in [5, 5.41) is 11.8. The highest BCUT2D eigenvalue weighted by Gasteiger charge is 2.17. The van der Waals surface area contributed by atoms with Gasteiger partial charge in [-0.1, -0.05) is 30.3 Å². The Labute approximate surface area is 139 Å². The van der Waals surface area contributed by atoms with Crippen LogP contribution in [0.15, 0.2) is 54.7 Å². The molecule has 0 N–H and O–H groups in total. The van der Waals surface area contributed by atoms with E-state index in [2.05, 4.69) is 11.5 Å². The summed E-state index contributed by atoms with van der Waals surface area (Å²) in [6, 6.07) is 15.7. The third kappa shape index (κ3) is 2.76. The Bertz CT molecular complexity index is 911. The summed E-state index contributed by atoms with van der Waals surface area (Å²) in [5.41, 5.74) is 3.85. The standard InChI is InChI=1S/C19H18N2O3/c1-3-20-18-10-9-15(24-2)13-17(18)16(11-12-21(22)23)19(20)14-7-5-4-6-8-14/h4-13H,3H2,1-2H3/b12-11+. The van der Waals surface area contributed by atoms with Crippen molar-refractivity contribution < 1.29 is 9.66 Å². The SMILES string of the molecule is CCn1c(-c2ccccc2)c(/C=C/[N+](=O)[O-])c2cc(OC)ccc21. The topological polar surface area (TPSA) is 57.3 Å². The van der Waals surface area contributed by atoms with Crippen LogP contribution in [0.5, 0.6) is 5.75 Å². The molecule has 0 saturated heterocycles. The first-order valence-corrected chi connectivity index (χ1v) is 7.73. The highest BCUT2D eigenvalue weighted by atomic mass is 16.6. The number of aryl methyl sites for hydroxylation is 1. The van der Waals surface area contributed by atoms with Gasteiger partial charge in [0, 0.05) is 29.1 Å². The molecular formula is C19H18N2O3. The van der Waals surface area contributed by atoms with Gasteiger partial charge in [0.05, 0.1) is 17.7 Å². The molecule has 0 aliphatic carbocycles. The van der Waals surface area contributed by atoms with Crippen LogP contribution in [-0.2, 0) is 6.54 Å². The average Bonchev–Trinajstić information content (AvgIpc) is 2.93. The van der Waals surface area contributed by atoms with Crippen molar-refractivity contribution in [2.75, 3.05) is 7.11 Å². The van der Waals surface area contributed by atoms with Gasteiger partial charge in [0.25, 0.3) is 0 Å². The lowest BCUT2D eigenvalue weighted by Crippen LogP contribution is -1.97. The van der Waals surface area contributed by atoms with Crippen molar-refractivity contribution in [2.45, 2.75) is 13.5 Å². The molecule has 0 amide bonds. The molecule has 3 rings (SSSR count). The number of nitrogens with zero attached hydrogens (tertiary/aromatic N) is 2. The van der Waals surface area contributed by atoms with Crippen LogP contribution in [0.1, 0.15) is 12.5 Å². The number of methoxy groups -OCH3 is 1. The molecule has 0 saturated carbocycles. The number of fused-ring (bicyclic) bond motifs is 1. The van der Waals surface area contributed by atoms with E-state index in [0.717, 1.165) is 46.2 Å². The average molecular weight is 322 g/mol. The van der Waals surface area contributed by atoms with E-state index in [-0.39, 0.29) is 0 Å². The lowest BCUT2D eigenvalue weighted by molar-refractivity contribution is -0.400. The summed E-state index contributed by atoms with van der Waals surface area (Å²) in [4.78, 5) is 10.4. The maximum Gasteiger partial charge on any atom is 0.235 e. The number of nitro groups is 1. The lowest BCUT2D eigenvalue weighted by atomic mass is 10.0. The number of benzene rings is 2. The second-order valence-corrected chi connectivity index (χ2v) is 5.36. The van der Waals surface area contributed by atoms with Gasteiger partial charge in [0.1, 0.15) is 5.75 Å². The van der Waals surface area contributed by atoms with E-state index in [0.29, 0.717) is 0 Å². The fourth-order valence-corrected chi connectivity index (χ4v) is 3.03. The third-order valence-electron chi connectivity index (χ3n) is 4.04. The van der Waals surface area contributed by atoms with Crippen LogP contribution < -0.4 is 4.74 Å². The zero-order valence-electron chi connectivity index (χ0n) is 13.6. The summed E-state index contributed by atoms with van der Waals surface area (Å²) in [5.74, 6) is 0.728. The van der Waals surface area contributed by atoms with Crippen molar-refractivity contribution >= 4 is 17.0 Å². The van der Waals surface area contributed by atoms with Crippen molar-refractivity contribution in [1.29, 1.82) is 0 Å². The van der Waals surface area contributed by atoms with E-state index >= 15 is 0 Å². The van der Waals surface area contributed by atoms with Crippen molar-refractivity contribution in [1.82, 2.24) is 4.57 Å². The van der Waals surface area contributed by atoms with E-state index < -0.39 is 4.92 Å². The van der Waals surface area contributed by atoms with Crippen LogP contribution in [0.2, 0.25) is 0 Å². The monoisotopic (exact) mass is 322 g/mol. The smallest absolute Gasteiger partial charge is 0.235 e. The Balaban J connectivity index is 2.38. The molecule has 0 aliphatic rings. The molecule has 3 aromatic rings. The summed E-state index contributed by atoms with van der Waals surface area (Å²) in [6.45, 7) is 2.83. The molecular weight excluding hydrogens is 304 g/mol. The fourth-order valence-electron chi connectivity index (χ4n) is 3.03. The lowest BCUT2D eigenvalue weighted by Gasteiger charge is -2.09. The molecule has 2 aromatic carbocycles. The van der Waals surface area contributed by atoms with E-state index in [9.17, 15) is 10.1 Å². The summed E-state index contributed by atoms with van der Waals surface area (Å²) >= 11 is 0. The Hall–Kier alpha value is -3.08. The second-order valence-electron chi connectivity index (χ2n) is 5.36. The molecule has 122 valence electrons. The highest BCUT2D eigenvalue weighted by Crippen LogP contribution is 2.36. The zero-order valence-corrected chi connectivity index (χ0v) is 13.6. The second kappa shape index (κ2) is 6.58. The number of rotatable bonds is 5. The minimum Gasteiger partial charge on any atom is -0.497 e. The molecule has 0 spiro atoms. The van der Waals surface area contributed by atoms with Crippen LogP contribution in [0, 0.1) is 10.1 Å². The van der Waals surface area contributed by atoms with Gasteiger partial charge < -0.3 is 9.30 Å². The predicted molar refractivity (Wildman–Crippen MR) is 95.6 cm³/mol. The number of hydrogen-bond acceptors (Lipinski definition) is 3. The highest BCUT2D eigenvalue weighted by molar-refractivity contribution is 5.98. The van der Waals surface area contributed by atoms with Crippen LogP contribution in [0.3, 0.4) is 0 Å². The molecule has 0 bridgehead atoms. The molecule has 0 aliphatic heterocycles. The van der Waals surface area contributed by atoms with E-state index in [4.69, 9.17) is 4.74 Å². The van der Waals surface area contributed by atoms with E-state index in [1.54, 1.807) is 13.2 Å². The molecule has 0 radical (unpaired) electrons. The molecule has 0 unspecified atom stereocenters. The summed E-state index contributed by atoms with van der Waals surface area (Å²) < 4.78 is 7.49. The predicted octanol–water partition coefficient (Wildman–Crippen LogP) is 4.58. The fraction of sp³-hybridized carbons (Fsp3) is 0.158. The molecule has 1 heterocycles. The number of hydrogen-bond donors (Lipinski definition) is 0. The van der Waals surface area contributed by atoms with Crippen molar-refractivity contribution in [3.63, 3.8) is 0 Å². The minimum absolute atomic E-state index is 0.440. The maximum atomic E-state index is 10.8. The van der Waals surface area contributed by atoms with E-state index in [1.807, 2.05) is 48.5 Å². The van der Waals surface area contributed by atoms with Gasteiger partial charge in [0.15, 0.2) is 0 Å². The van der Waals surface area contributed by atoms with Gasteiger partial charge in [-0.05, 0) is 30.7 Å². The van der Waals surface area contributed by atoms with Gasteiger partial charge in [0.2, 0.25) is 6.20 Å². The van der Waals surface area contributed by atoms with Crippen molar-refractivity contribution in [3.8, 4) is 17.0 Å². The van der Waals surface area contributed by atoms with Crippen LogP contribution in [-0.4, -0.2) is 16.6 Å². The maximum absolute atomic E-state index is 10.8. The zero-order chi connectivity index (χ0) is 17.1. The molecule has 5 heteroatoms. The Morgan fingerprint density at radius 1 is 1.21 bits per heavy atom. The molecule has 0 fully saturated rings. The van der Waals surface area contributed by atoms with Crippen molar-refractivity contribution in [2.24, 2.45) is 0 Å². The number of aromatic nitrogens is 1. The minimum atomic E-state index is -0.440. The van der Waals surface area contributed by atoms with Crippen molar-refractivity contribution in [3.05, 3.63) is 70.4 Å². The first-order valence-electron chi connectivity index (χ1n) is 7.73. The Morgan fingerprint density at radius 2 is 1.96 bits per heavy atom. The first-order chi connectivity index (χ1) is 11.7. The molecule has 5 nitrogen and oxygen atoms in total. The number of ether oxygens (including phenoxy) is 1. The van der Waals surface area contributed by atoms with Gasteiger partial charge in [-0.15, -0.1) is 0 Å². The third-order valence-corrected chi connectivity index (χ3v) is 4.04. The van der Waals surface area contributed by atoms with E-state index in [1.165, 1.54) is 0 Å². The van der Waals surface area contributed by atoms with Crippen LogP contribution in [0.4, 0.5) is 0 Å². The molecule has 24 heavy (non-hydrogen) atoms. The quantitative estimate of drug-likeness (QED) is 0.510. The summed E-state index contributed by atoms with van der Waals surface area (Å²) in [7, 11) is 1.61. The van der Waals surface area contributed by atoms with Gasteiger partial charge in [-0.25, -0.2) is 0 Å². The van der Waals surface area contributed by atoms with Crippen LogP contribution >= 0.6 is 0 Å². The van der Waals surface area contributed by atoms with Gasteiger partial charge >= 0.3 is 0 Å². The summed E-state index contributed by atoms with van der Waals surface area (Å²) in [6.07, 6.45) is 2.55. The molecule has 0 atom stereocenters.